The molecule has 1 aliphatic heterocycles. The van der Waals surface area contributed by atoms with Gasteiger partial charge in [0.2, 0.25) is 11.8 Å². The van der Waals surface area contributed by atoms with Crippen LogP contribution in [0.5, 0.6) is 5.75 Å². The van der Waals surface area contributed by atoms with E-state index in [4.69, 9.17) is 8.83 Å². The highest BCUT2D eigenvalue weighted by Crippen LogP contribution is 2.30. The lowest BCUT2D eigenvalue weighted by Gasteiger charge is -2.40. The molecule has 1 saturated heterocycles. The molecule has 6 rings (SSSR count). The summed E-state index contributed by atoms with van der Waals surface area (Å²) >= 11 is 0. The summed E-state index contributed by atoms with van der Waals surface area (Å²) in [7, 11) is 0. The number of hydrogen-bond acceptors (Lipinski definition) is 9. The summed E-state index contributed by atoms with van der Waals surface area (Å²) in [6.45, 7) is 3.70. The van der Waals surface area contributed by atoms with E-state index in [1.54, 1.807) is 13.1 Å². The zero-order chi connectivity index (χ0) is 29.1. The molecule has 2 aliphatic rings. The van der Waals surface area contributed by atoms with Gasteiger partial charge in [-0.3, -0.25) is 0 Å². The van der Waals surface area contributed by atoms with Crippen molar-refractivity contribution in [3.8, 4) is 28.5 Å². The number of nitrogens with one attached hydrogen (secondary N) is 2. The minimum atomic E-state index is -4.73. The van der Waals surface area contributed by atoms with Crippen molar-refractivity contribution in [2.75, 3.05) is 23.3 Å². The quantitative estimate of drug-likeness (QED) is 0.239. The van der Waals surface area contributed by atoms with Crippen molar-refractivity contribution < 1.29 is 26.7 Å². The number of ether oxygens (including phenoxy) is 1. The fourth-order valence-corrected chi connectivity index (χ4v) is 5.84. The number of aromatic nitrogens is 3. The van der Waals surface area contributed by atoms with Crippen LogP contribution in [-0.4, -0.2) is 52.8 Å². The van der Waals surface area contributed by atoms with Crippen LogP contribution in [0.4, 0.5) is 24.9 Å². The van der Waals surface area contributed by atoms with E-state index in [1.807, 2.05) is 12.1 Å². The zero-order valence-electron chi connectivity index (χ0n) is 23.2. The van der Waals surface area contributed by atoms with E-state index in [-0.39, 0.29) is 17.8 Å². The fraction of sp³-hybridized carbons (Fsp3) is 0.433. The topological polar surface area (TPSA) is 101 Å². The Morgan fingerprint density at radius 3 is 2.33 bits per heavy atom. The Morgan fingerprint density at radius 1 is 0.881 bits per heavy atom. The molecule has 42 heavy (non-hydrogen) atoms. The van der Waals surface area contributed by atoms with Crippen LogP contribution in [0.3, 0.4) is 0 Å². The van der Waals surface area contributed by atoms with Crippen LogP contribution in [0.25, 0.3) is 22.8 Å². The summed E-state index contributed by atoms with van der Waals surface area (Å²) in [5.41, 5.74) is 2.69. The van der Waals surface area contributed by atoms with Crippen molar-refractivity contribution in [3.63, 3.8) is 0 Å². The lowest BCUT2D eigenvalue weighted by molar-refractivity contribution is -0.274. The van der Waals surface area contributed by atoms with Gasteiger partial charge in [-0.05, 0) is 74.2 Å². The predicted octanol–water partition coefficient (Wildman–Crippen LogP) is 6.58. The third kappa shape index (κ3) is 6.87. The molecule has 1 saturated carbocycles. The molecule has 2 unspecified atom stereocenters. The standard InChI is InChI=1S/C30H33F3N6O3/c1-19-37-38-28(40-19)21-8-12-23(13-9-21)39-16-4-5-22(18-39)35-25-6-2-3-7-26(25)36-29-34-17-27(41-29)20-10-14-24(15-11-20)42-30(31,32)33/h8-15,17,22,25-26,35H,2-7,16,18H2,1H3,(H,34,36)/t22-,25?,26?/m0/s1. The first-order valence-corrected chi connectivity index (χ1v) is 14.3. The molecule has 1 aliphatic carbocycles. The second-order valence-electron chi connectivity index (χ2n) is 10.9. The number of oxazole rings is 1. The first-order valence-electron chi connectivity index (χ1n) is 14.3. The molecule has 0 radical (unpaired) electrons. The van der Waals surface area contributed by atoms with E-state index in [2.05, 4.69) is 47.6 Å². The van der Waals surface area contributed by atoms with Gasteiger partial charge in [0, 0.05) is 55.0 Å². The van der Waals surface area contributed by atoms with Crippen LogP contribution in [0.15, 0.2) is 63.6 Å². The van der Waals surface area contributed by atoms with Gasteiger partial charge in [0.15, 0.2) is 5.76 Å². The van der Waals surface area contributed by atoms with Crippen molar-refractivity contribution in [2.45, 2.75) is 69.9 Å². The van der Waals surface area contributed by atoms with E-state index in [0.29, 0.717) is 35.2 Å². The monoisotopic (exact) mass is 582 g/mol. The average Bonchev–Trinajstić information content (AvgIpc) is 3.63. The normalized spacial score (nSPS) is 21.3. The minimum absolute atomic E-state index is 0.153. The highest BCUT2D eigenvalue weighted by molar-refractivity contribution is 5.60. The Hall–Kier alpha value is -4.06. The molecular formula is C30H33F3N6O3. The van der Waals surface area contributed by atoms with Crippen LogP contribution in [0, 0.1) is 6.92 Å². The first-order chi connectivity index (χ1) is 20.3. The van der Waals surface area contributed by atoms with E-state index < -0.39 is 6.36 Å². The van der Waals surface area contributed by atoms with E-state index in [1.165, 1.54) is 30.0 Å². The number of halogens is 3. The fourth-order valence-electron chi connectivity index (χ4n) is 5.84. The van der Waals surface area contributed by atoms with E-state index >= 15 is 0 Å². The lowest BCUT2D eigenvalue weighted by atomic mass is 9.89. The number of aryl methyl sites for hydroxylation is 1. The molecule has 0 bridgehead atoms. The maximum Gasteiger partial charge on any atom is 0.573 e. The van der Waals surface area contributed by atoms with Crippen LogP contribution in [0.2, 0.25) is 0 Å². The Balaban J connectivity index is 1.06. The molecule has 3 atom stereocenters. The molecule has 0 spiro atoms. The molecule has 0 amide bonds. The summed E-state index contributed by atoms with van der Waals surface area (Å²) in [5, 5.41) is 15.4. The highest BCUT2D eigenvalue weighted by atomic mass is 19.4. The Kier molecular flexibility index (Phi) is 8.05. The summed E-state index contributed by atoms with van der Waals surface area (Å²) in [6.07, 6.45) is 3.38. The van der Waals surface area contributed by atoms with Gasteiger partial charge < -0.3 is 29.1 Å². The molecule has 3 heterocycles. The van der Waals surface area contributed by atoms with Crippen LogP contribution >= 0.6 is 0 Å². The number of anilines is 2. The van der Waals surface area contributed by atoms with Crippen molar-refractivity contribution in [1.29, 1.82) is 0 Å². The van der Waals surface area contributed by atoms with Gasteiger partial charge in [-0.15, -0.1) is 23.4 Å². The van der Waals surface area contributed by atoms with Crippen molar-refractivity contribution in [2.24, 2.45) is 0 Å². The Bertz CT molecular complexity index is 1450. The summed E-state index contributed by atoms with van der Waals surface area (Å²) < 4.78 is 52.8. The molecule has 12 heteroatoms. The van der Waals surface area contributed by atoms with E-state index in [9.17, 15) is 13.2 Å². The molecule has 222 valence electrons. The number of alkyl halides is 3. The van der Waals surface area contributed by atoms with Gasteiger partial charge in [-0.2, -0.15) is 0 Å². The number of nitrogens with zero attached hydrogens (tertiary/aromatic N) is 4. The van der Waals surface area contributed by atoms with Crippen LogP contribution in [0.1, 0.15) is 44.4 Å². The van der Waals surface area contributed by atoms with Crippen molar-refractivity contribution in [1.82, 2.24) is 20.5 Å². The Labute approximate surface area is 241 Å². The summed E-state index contributed by atoms with van der Waals surface area (Å²) in [4.78, 5) is 6.81. The summed E-state index contributed by atoms with van der Waals surface area (Å²) in [6, 6.07) is 15.0. The molecule has 4 aromatic rings. The third-order valence-electron chi connectivity index (χ3n) is 7.83. The van der Waals surface area contributed by atoms with Crippen LogP contribution < -0.4 is 20.3 Å². The van der Waals surface area contributed by atoms with Gasteiger partial charge in [-0.1, -0.05) is 12.8 Å². The lowest BCUT2D eigenvalue weighted by Crippen LogP contribution is -2.54. The zero-order valence-corrected chi connectivity index (χ0v) is 23.2. The Morgan fingerprint density at radius 2 is 1.62 bits per heavy atom. The molecule has 2 N–H and O–H groups in total. The number of hydrogen-bond donors (Lipinski definition) is 2. The van der Waals surface area contributed by atoms with Crippen molar-refractivity contribution >= 4 is 11.7 Å². The molecule has 2 aromatic carbocycles. The first kappa shape index (κ1) is 28.1. The maximum atomic E-state index is 12.5. The number of benzene rings is 2. The smallest absolute Gasteiger partial charge is 0.424 e. The van der Waals surface area contributed by atoms with E-state index in [0.717, 1.165) is 57.2 Å². The van der Waals surface area contributed by atoms with Gasteiger partial charge in [0.1, 0.15) is 5.75 Å². The molecular weight excluding hydrogens is 549 g/mol. The van der Waals surface area contributed by atoms with Gasteiger partial charge in [0.25, 0.3) is 6.01 Å². The SMILES string of the molecule is Cc1nnc(-c2ccc(N3CCC[C@H](NC4CCCCC4Nc4ncc(-c5ccc(OC(F)(F)F)cc5)o4)C3)cc2)o1. The van der Waals surface area contributed by atoms with Crippen LogP contribution in [-0.2, 0) is 0 Å². The number of rotatable bonds is 8. The molecule has 9 nitrogen and oxygen atoms in total. The predicted molar refractivity (Wildman–Crippen MR) is 151 cm³/mol. The second-order valence-corrected chi connectivity index (χ2v) is 10.9. The average molecular weight is 583 g/mol. The third-order valence-corrected chi connectivity index (χ3v) is 7.83. The van der Waals surface area contributed by atoms with Crippen molar-refractivity contribution in [3.05, 3.63) is 60.6 Å². The largest absolute Gasteiger partial charge is 0.573 e. The highest BCUT2D eigenvalue weighted by Gasteiger charge is 2.32. The second kappa shape index (κ2) is 12.0. The van der Waals surface area contributed by atoms with Gasteiger partial charge >= 0.3 is 6.36 Å². The maximum absolute atomic E-state index is 12.5. The summed E-state index contributed by atoms with van der Waals surface area (Å²) in [5.74, 6) is 1.27. The minimum Gasteiger partial charge on any atom is -0.424 e. The molecule has 2 fully saturated rings. The molecule has 2 aromatic heterocycles. The number of piperidine rings is 1. The van der Waals surface area contributed by atoms with Gasteiger partial charge in [0.05, 0.1) is 6.20 Å². The van der Waals surface area contributed by atoms with Gasteiger partial charge in [-0.25, -0.2) is 4.98 Å².